The molecule has 1 aliphatic rings. The summed E-state index contributed by atoms with van der Waals surface area (Å²) in [7, 11) is 0. The first-order valence-corrected chi connectivity index (χ1v) is 7.73. The van der Waals surface area contributed by atoms with Crippen LogP contribution in [0, 0.1) is 5.92 Å². The molecule has 1 saturated carbocycles. The number of nitrogens with one attached hydrogen (secondary N) is 1. The quantitative estimate of drug-likeness (QED) is 0.734. The predicted molar refractivity (Wildman–Crippen MR) is 76.3 cm³/mol. The van der Waals surface area contributed by atoms with Gasteiger partial charge in [0, 0.05) is 18.0 Å². The second-order valence-electron chi connectivity index (χ2n) is 5.75. The monoisotopic (exact) mass is 254 g/mol. The molecule has 0 radical (unpaired) electrons. The molecule has 3 nitrogen and oxygen atoms in total. The first-order chi connectivity index (χ1) is 8.67. The third-order valence-electron chi connectivity index (χ3n) is 4.03. The minimum absolute atomic E-state index is 0.214. The molecule has 1 aliphatic carbocycles. The van der Waals surface area contributed by atoms with Crippen molar-refractivity contribution in [2.45, 2.75) is 83.7 Å². The Hall–Kier alpha value is -0.570. The molecule has 18 heavy (non-hydrogen) atoms. The van der Waals surface area contributed by atoms with Gasteiger partial charge in [0.05, 0.1) is 0 Å². The molecule has 1 rings (SSSR count). The van der Waals surface area contributed by atoms with E-state index in [0.29, 0.717) is 12.1 Å². The third-order valence-corrected chi connectivity index (χ3v) is 4.03. The SMILES string of the molecule is CCCCC(CCC)NC(=O)C1CCC(N)CC1. The number of amides is 1. The number of carbonyl (C=O) groups is 1. The maximum atomic E-state index is 12.2. The van der Waals surface area contributed by atoms with Crippen molar-refractivity contribution in [2.75, 3.05) is 0 Å². The van der Waals surface area contributed by atoms with Gasteiger partial charge in [0.2, 0.25) is 5.91 Å². The first kappa shape index (κ1) is 15.5. The zero-order chi connectivity index (χ0) is 13.4. The van der Waals surface area contributed by atoms with Gasteiger partial charge in [-0.05, 0) is 38.5 Å². The van der Waals surface area contributed by atoms with Crippen LogP contribution < -0.4 is 11.1 Å². The average Bonchev–Trinajstić information content (AvgIpc) is 2.37. The average molecular weight is 254 g/mol. The fourth-order valence-corrected chi connectivity index (χ4v) is 2.79. The fourth-order valence-electron chi connectivity index (χ4n) is 2.79. The number of unbranched alkanes of at least 4 members (excludes halogenated alkanes) is 1. The van der Waals surface area contributed by atoms with E-state index in [9.17, 15) is 4.79 Å². The zero-order valence-electron chi connectivity index (χ0n) is 12.1. The predicted octanol–water partition coefficient (Wildman–Crippen LogP) is 2.98. The van der Waals surface area contributed by atoms with Crippen molar-refractivity contribution in [3.05, 3.63) is 0 Å². The molecule has 0 saturated heterocycles. The third kappa shape index (κ3) is 5.38. The van der Waals surface area contributed by atoms with E-state index in [4.69, 9.17) is 5.73 Å². The minimum atomic E-state index is 0.214. The Kier molecular flexibility index (Phi) is 7.33. The van der Waals surface area contributed by atoms with Crippen LogP contribution in [0.5, 0.6) is 0 Å². The van der Waals surface area contributed by atoms with Crippen LogP contribution in [0.3, 0.4) is 0 Å². The van der Waals surface area contributed by atoms with Gasteiger partial charge in [-0.1, -0.05) is 33.1 Å². The Bertz CT molecular complexity index is 235. The van der Waals surface area contributed by atoms with Crippen LogP contribution in [0.4, 0.5) is 0 Å². The Morgan fingerprint density at radius 2 is 1.83 bits per heavy atom. The molecule has 1 unspecified atom stereocenters. The molecule has 3 heteroatoms. The summed E-state index contributed by atoms with van der Waals surface area (Å²) in [4.78, 5) is 12.2. The van der Waals surface area contributed by atoms with Crippen LogP contribution in [-0.2, 0) is 4.79 Å². The van der Waals surface area contributed by atoms with Gasteiger partial charge < -0.3 is 11.1 Å². The summed E-state index contributed by atoms with van der Waals surface area (Å²) in [5, 5.41) is 3.26. The lowest BCUT2D eigenvalue weighted by Gasteiger charge is -2.27. The van der Waals surface area contributed by atoms with E-state index in [-0.39, 0.29) is 11.8 Å². The summed E-state index contributed by atoms with van der Waals surface area (Å²) >= 11 is 0. The Balaban J connectivity index is 2.35. The highest BCUT2D eigenvalue weighted by molar-refractivity contribution is 5.79. The maximum absolute atomic E-state index is 12.2. The molecule has 3 N–H and O–H groups in total. The molecule has 1 atom stereocenters. The van der Waals surface area contributed by atoms with E-state index in [2.05, 4.69) is 19.2 Å². The second-order valence-corrected chi connectivity index (χ2v) is 5.75. The lowest BCUT2D eigenvalue weighted by Crippen LogP contribution is -2.41. The highest BCUT2D eigenvalue weighted by Crippen LogP contribution is 2.23. The van der Waals surface area contributed by atoms with Gasteiger partial charge in [-0.2, -0.15) is 0 Å². The molecular formula is C15H30N2O. The molecule has 0 aromatic carbocycles. The van der Waals surface area contributed by atoms with Crippen LogP contribution in [-0.4, -0.2) is 18.0 Å². The van der Waals surface area contributed by atoms with Crippen molar-refractivity contribution < 1.29 is 4.79 Å². The standard InChI is InChI=1S/C15H30N2O/c1-3-5-7-14(6-4-2)17-15(18)12-8-10-13(16)11-9-12/h12-14H,3-11,16H2,1-2H3,(H,17,18). The Labute approximate surface area is 112 Å². The number of rotatable bonds is 7. The van der Waals surface area contributed by atoms with Crippen LogP contribution in [0.1, 0.15) is 71.6 Å². The molecule has 1 fully saturated rings. The van der Waals surface area contributed by atoms with Gasteiger partial charge in [-0.3, -0.25) is 4.79 Å². The van der Waals surface area contributed by atoms with Gasteiger partial charge in [0.1, 0.15) is 0 Å². The normalized spacial score (nSPS) is 25.7. The molecule has 1 amide bonds. The van der Waals surface area contributed by atoms with Crippen molar-refractivity contribution in [1.29, 1.82) is 0 Å². The first-order valence-electron chi connectivity index (χ1n) is 7.73. The summed E-state index contributed by atoms with van der Waals surface area (Å²) < 4.78 is 0. The smallest absolute Gasteiger partial charge is 0.223 e. The van der Waals surface area contributed by atoms with Crippen LogP contribution in [0.15, 0.2) is 0 Å². The molecular weight excluding hydrogens is 224 g/mol. The van der Waals surface area contributed by atoms with Crippen LogP contribution in [0.2, 0.25) is 0 Å². The van der Waals surface area contributed by atoms with E-state index < -0.39 is 0 Å². The number of hydrogen-bond acceptors (Lipinski definition) is 2. The summed E-state index contributed by atoms with van der Waals surface area (Å²) in [6.45, 7) is 4.39. The highest BCUT2D eigenvalue weighted by Gasteiger charge is 2.25. The van der Waals surface area contributed by atoms with Crippen LogP contribution >= 0.6 is 0 Å². The van der Waals surface area contributed by atoms with E-state index >= 15 is 0 Å². The second kappa shape index (κ2) is 8.52. The Morgan fingerprint density at radius 3 is 2.39 bits per heavy atom. The van der Waals surface area contributed by atoms with E-state index in [1.54, 1.807) is 0 Å². The Morgan fingerprint density at radius 1 is 1.17 bits per heavy atom. The van der Waals surface area contributed by atoms with Crippen molar-refractivity contribution in [1.82, 2.24) is 5.32 Å². The lowest BCUT2D eigenvalue weighted by atomic mass is 9.85. The summed E-state index contributed by atoms with van der Waals surface area (Å²) in [5.41, 5.74) is 5.88. The largest absolute Gasteiger partial charge is 0.353 e. The minimum Gasteiger partial charge on any atom is -0.353 e. The molecule has 0 aliphatic heterocycles. The highest BCUT2D eigenvalue weighted by atomic mass is 16.1. The van der Waals surface area contributed by atoms with Gasteiger partial charge in [0.25, 0.3) is 0 Å². The molecule has 0 aromatic rings. The lowest BCUT2D eigenvalue weighted by molar-refractivity contribution is -0.126. The topological polar surface area (TPSA) is 55.1 Å². The molecule has 0 heterocycles. The van der Waals surface area contributed by atoms with E-state index in [0.717, 1.165) is 44.9 Å². The summed E-state index contributed by atoms with van der Waals surface area (Å²) in [6, 6.07) is 0.707. The number of hydrogen-bond donors (Lipinski definition) is 2. The molecule has 0 spiro atoms. The van der Waals surface area contributed by atoms with E-state index in [1.165, 1.54) is 12.8 Å². The fraction of sp³-hybridized carbons (Fsp3) is 0.933. The van der Waals surface area contributed by atoms with Crippen LogP contribution in [0.25, 0.3) is 0 Å². The van der Waals surface area contributed by atoms with E-state index in [1.807, 2.05) is 0 Å². The van der Waals surface area contributed by atoms with Crippen molar-refractivity contribution in [3.63, 3.8) is 0 Å². The van der Waals surface area contributed by atoms with Gasteiger partial charge in [-0.25, -0.2) is 0 Å². The van der Waals surface area contributed by atoms with Crippen molar-refractivity contribution in [3.8, 4) is 0 Å². The molecule has 0 bridgehead atoms. The van der Waals surface area contributed by atoms with Crippen molar-refractivity contribution in [2.24, 2.45) is 11.7 Å². The van der Waals surface area contributed by atoms with Gasteiger partial charge >= 0.3 is 0 Å². The number of carbonyl (C=O) groups excluding carboxylic acids is 1. The maximum Gasteiger partial charge on any atom is 0.223 e. The van der Waals surface area contributed by atoms with Gasteiger partial charge in [-0.15, -0.1) is 0 Å². The zero-order valence-corrected chi connectivity index (χ0v) is 12.1. The number of nitrogens with two attached hydrogens (primary N) is 1. The van der Waals surface area contributed by atoms with Gasteiger partial charge in [0.15, 0.2) is 0 Å². The molecule has 106 valence electrons. The molecule has 0 aromatic heterocycles. The summed E-state index contributed by atoms with van der Waals surface area (Å²) in [5.74, 6) is 0.488. The van der Waals surface area contributed by atoms with Crippen molar-refractivity contribution >= 4 is 5.91 Å². The summed E-state index contributed by atoms with van der Waals surface area (Å²) in [6.07, 6.45) is 9.75.